The predicted octanol–water partition coefficient (Wildman–Crippen LogP) is 3.82. The number of nitrogens with one attached hydrogen (secondary N) is 1. The molecular formula is C21H17ClN4O3S. The van der Waals surface area contributed by atoms with Crippen LogP contribution in [0, 0.1) is 0 Å². The molecule has 152 valence electrons. The van der Waals surface area contributed by atoms with E-state index in [0.717, 1.165) is 21.4 Å². The second kappa shape index (κ2) is 7.07. The van der Waals surface area contributed by atoms with Crippen LogP contribution >= 0.6 is 23.4 Å². The highest BCUT2D eigenvalue weighted by Crippen LogP contribution is 2.45. The second-order valence-electron chi connectivity index (χ2n) is 7.08. The second-order valence-corrected chi connectivity index (χ2v) is 8.67. The van der Waals surface area contributed by atoms with E-state index >= 15 is 0 Å². The third-order valence-electron chi connectivity index (χ3n) is 5.34. The maximum absolute atomic E-state index is 13.4. The summed E-state index contributed by atoms with van der Waals surface area (Å²) in [5, 5.41) is 3.80. The summed E-state index contributed by atoms with van der Waals surface area (Å²) in [5.74, 6) is 0.391. The number of fused-ring (bicyclic) bond motifs is 2. The third-order valence-corrected chi connectivity index (χ3v) is 7.03. The maximum atomic E-state index is 13.4. The number of nitrogens with zero attached hydrogens (tertiary/aromatic N) is 3. The van der Waals surface area contributed by atoms with E-state index < -0.39 is 17.3 Å². The van der Waals surface area contributed by atoms with Gasteiger partial charge in [-0.3, -0.25) is 9.78 Å². The molecule has 5 rings (SSSR count). The van der Waals surface area contributed by atoms with E-state index in [4.69, 9.17) is 16.3 Å². The number of pyridine rings is 1. The first-order chi connectivity index (χ1) is 14.5. The molecule has 2 unspecified atom stereocenters. The number of ether oxygens (including phenoxy) is 1. The van der Waals surface area contributed by atoms with E-state index in [-0.39, 0.29) is 5.91 Å². The zero-order valence-electron chi connectivity index (χ0n) is 16.1. The standard InChI is InChI=1S/C21H17ClN4O3S/c1-25-6-5-12-16(25)9-23-10-17(12)26-20(27)19-15(24-21(26)28)8-18(30-19)13-7-11(29-2)3-4-14(13)22/h3-10,15,19H,1-2H3,(H,24,28). The van der Waals surface area contributed by atoms with Gasteiger partial charge in [0.1, 0.15) is 11.0 Å². The summed E-state index contributed by atoms with van der Waals surface area (Å²) in [7, 11) is 3.48. The number of halogens is 1. The summed E-state index contributed by atoms with van der Waals surface area (Å²) >= 11 is 7.77. The van der Waals surface area contributed by atoms with Crippen molar-refractivity contribution in [1.82, 2.24) is 14.9 Å². The van der Waals surface area contributed by atoms with Crippen molar-refractivity contribution in [2.45, 2.75) is 11.3 Å². The minimum Gasteiger partial charge on any atom is -0.497 e. The number of aryl methyl sites for hydroxylation is 1. The number of carbonyl (C=O) groups is 2. The molecule has 1 aromatic carbocycles. The number of benzene rings is 1. The lowest BCUT2D eigenvalue weighted by atomic mass is 10.1. The van der Waals surface area contributed by atoms with Crippen molar-refractivity contribution in [2.24, 2.45) is 7.05 Å². The molecule has 7 nitrogen and oxygen atoms in total. The lowest BCUT2D eigenvalue weighted by Crippen LogP contribution is -2.60. The third kappa shape index (κ3) is 2.86. The smallest absolute Gasteiger partial charge is 0.329 e. The van der Waals surface area contributed by atoms with Crippen LogP contribution in [0.2, 0.25) is 5.02 Å². The molecule has 4 heterocycles. The summed E-state index contributed by atoms with van der Waals surface area (Å²) in [6, 6.07) is 6.37. The summed E-state index contributed by atoms with van der Waals surface area (Å²) in [6.45, 7) is 0. The van der Waals surface area contributed by atoms with Gasteiger partial charge in [0, 0.05) is 34.1 Å². The molecule has 0 aliphatic carbocycles. The Morgan fingerprint density at radius 1 is 1.23 bits per heavy atom. The van der Waals surface area contributed by atoms with Crippen LogP contribution in [0.15, 0.2) is 48.9 Å². The molecule has 30 heavy (non-hydrogen) atoms. The number of hydrogen-bond acceptors (Lipinski definition) is 5. The van der Waals surface area contributed by atoms with E-state index in [0.29, 0.717) is 16.5 Å². The minimum absolute atomic E-state index is 0.280. The number of aromatic nitrogens is 2. The average molecular weight is 441 g/mol. The molecule has 0 spiro atoms. The number of rotatable bonds is 3. The Labute approximate surface area is 181 Å². The first kappa shape index (κ1) is 19.0. The number of imide groups is 1. The van der Waals surface area contributed by atoms with Crippen LogP contribution in [0.5, 0.6) is 5.75 Å². The van der Waals surface area contributed by atoms with Gasteiger partial charge in [-0.25, -0.2) is 9.69 Å². The fraction of sp³-hybridized carbons (Fsp3) is 0.190. The van der Waals surface area contributed by atoms with Crippen molar-refractivity contribution in [3.8, 4) is 5.75 Å². The number of methoxy groups -OCH3 is 1. The van der Waals surface area contributed by atoms with Gasteiger partial charge in [-0.15, -0.1) is 11.8 Å². The molecule has 2 aromatic heterocycles. The van der Waals surface area contributed by atoms with Crippen LogP contribution in [-0.4, -0.2) is 39.9 Å². The normalized spacial score (nSPS) is 20.9. The van der Waals surface area contributed by atoms with Crippen molar-refractivity contribution >= 4 is 56.8 Å². The first-order valence-electron chi connectivity index (χ1n) is 9.24. The number of urea groups is 1. The number of thioether (sulfide) groups is 1. The topological polar surface area (TPSA) is 76.5 Å². The molecular weight excluding hydrogens is 424 g/mol. The molecule has 2 atom stereocenters. The van der Waals surface area contributed by atoms with E-state index in [1.807, 2.05) is 36.0 Å². The maximum Gasteiger partial charge on any atom is 0.329 e. The Morgan fingerprint density at radius 2 is 2.07 bits per heavy atom. The zero-order chi connectivity index (χ0) is 21.0. The van der Waals surface area contributed by atoms with Crippen molar-refractivity contribution < 1.29 is 14.3 Å². The number of anilines is 1. The molecule has 1 saturated heterocycles. The highest BCUT2D eigenvalue weighted by atomic mass is 35.5. The zero-order valence-corrected chi connectivity index (χ0v) is 17.7. The van der Waals surface area contributed by atoms with Crippen molar-refractivity contribution in [3.63, 3.8) is 0 Å². The lowest BCUT2D eigenvalue weighted by molar-refractivity contribution is -0.118. The molecule has 1 N–H and O–H groups in total. The van der Waals surface area contributed by atoms with Crippen molar-refractivity contribution in [1.29, 1.82) is 0 Å². The Hall–Kier alpha value is -2.97. The Kier molecular flexibility index (Phi) is 4.48. The molecule has 9 heteroatoms. The molecule has 3 aromatic rings. The van der Waals surface area contributed by atoms with Gasteiger partial charge in [-0.2, -0.15) is 0 Å². The van der Waals surface area contributed by atoms with Gasteiger partial charge in [-0.1, -0.05) is 11.6 Å². The van der Waals surface area contributed by atoms with Crippen LogP contribution in [0.4, 0.5) is 10.5 Å². The average Bonchev–Trinajstić information content (AvgIpc) is 3.33. The van der Waals surface area contributed by atoms with E-state index in [1.165, 1.54) is 16.7 Å². The van der Waals surface area contributed by atoms with Crippen LogP contribution in [0.3, 0.4) is 0 Å². The van der Waals surface area contributed by atoms with E-state index in [9.17, 15) is 9.59 Å². The van der Waals surface area contributed by atoms with Gasteiger partial charge in [0.15, 0.2) is 0 Å². The van der Waals surface area contributed by atoms with Crippen LogP contribution < -0.4 is 15.0 Å². The van der Waals surface area contributed by atoms with Crippen molar-refractivity contribution in [3.05, 3.63) is 59.5 Å². The highest BCUT2D eigenvalue weighted by molar-refractivity contribution is 8.09. The van der Waals surface area contributed by atoms with Gasteiger partial charge in [-0.05, 0) is 30.3 Å². The van der Waals surface area contributed by atoms with Crippen LogP contribution in [0.1, 0.15) is 5.56 Å². The molecule has 1 fully saturated rings. The minimum atomic E-state index is -0.487. The van der Waals surface area contributed by atoms with Crippen molar-refractivity contribution in [2.75, 3.05) is 12.0 Å². The highest BCUT2D eigenvalue weighted by Gasteiger charge is 2.46. The van der Waals surface area contributed by atoms with Gasteiger partial charge in [0.25, 0.3) is 5.91 Å². The van der Waals surface area contributed by atoms with E-state index in [1.54, 1.807) is 31.6 Å². The molecule has 0 saturated carbocycles. The Bertz CT molecular complexity index is 1240. The molecule has 2 aliphatic rings. The largest absolute Gasteiger partial charge is 0.497 e. The van der Waals surface area contributed by atoms with Gasteiger partial charge in [0.05, 0.1) is 36.7 Å². The Balaban J connectivity index is 1.50. The first-order valence-corrected chi connectivity index (χ1v) is 10.5. The summed E-state index contributed by atoms with van der Waals surface area (Å²) < 4.78 is 7.19. The van der Waals surface area contributed by atoms with Crippen LogP contribution in [0.25, 0.3) is 15.8 Å². The summed E-state index contributed by atoms with van der Waals surface area (Å²) in [6.07, 6.45) is 7.01. The molecule has 3 amide bonds. The number of carbonyl (C=O) groups excluding carboxylic acids is 2. The van der Waals surface area contributed by atoms with E-state index in [2.05, 4.69) is 10.3 Å². The number of hydrogen-bond donors (Lipinski definition) is 1. The van der Waals surface area contributed by atoms with Gasteiger partial charge in [0.2, 0.25) is 0 Å². The SMILES string of the molecule is COc1ccc(Cl)c(C2=CC3NC(=O)N(c4cncc5c4ccn5C)C(=O)C3S2)c1. The molecule has 0 radical (unpaired) electrons. The predicted molar refractivity (Wildman–Crippen MR) is 118 cm³/mol. The van der Waals surface area contributed by atoms with Crippen LogP contribution in [-0.2, 0) is 11.8 Å². The summed E-state index contributed by atoms with van der Waals surface area (Å²) in [4.78, 5) is 32.5. The quantitative estimate of drug-likeness (QED) is 0.670. The molecule has 2 aliphatic heterocycles. The fourth-order valence-corrected chi connectivity index (χ4v) is 5.37. The van der Waals surface area contributed by atoms with Gasteiger partial charge < -0.3 is 14.6 Å². The summed E-state index contributed by atoms with van der Waals surface area (Å²) in [5.41, 5.74) is 2.09. The fourth-order valence-electron chi connectivity index (χ4n) is 3.80. The van der Waals surface area contributed by atoms with Gasteiger partial charge >= 0.3 is 6.03 Å². The number of amides is 3. The molecule has 0 bridgehead atoms. The Morgan fingerprint density at radius 3 is 2.87 bits per heavy atom. The lowest BCUT2D eigenvalue weighted by Gasteiger charge is -2.33. The monoisotopic (exact) mass is 440 g/mol.